The lowest BCUT2D eigenvalue weighted by atomic mass is 9.78. The van der Waals surface area contributed by atoms with Crippen molar-refractivity contribution < 1.29 is 27.3 Å². The molecule has 1 fully saturated rings. The van der Waals surface area contributed by atoms with Crippen molar-refractivity contribution in [3.63, 3.8) is 0 Å². The third kappa shape index (κ3) is 4.12. The Morgan fingerprint density at radius 3 is 2.16 bits per heavy atom. The summed E-state index contributed by atoms with van der Waals surface area (Å²) >= 11 is 4.27. The molecule has 0 amide bonds. The zero-order valence-electron chi connectivity index (χ0n) is 14.5. The lowest BCUT2D eigenvalue weighted by Crippen LogP contribution is -2.41. The van der Waals surface area contributed by atoms with Gasteiger partial charge in [0.05, 0.1) is 16.8 Å². The predicted molar refractivity (Wildman–Crippen MR) is 94.7 cm³/mol. The minimum atomic E-state index is -4.50. The van der Waals surface area contributed by atoms with E-state index in [2.05, 4.69) is 12.6 Å². The fourth-order valence-electron chi connectivity index (χ4n) is 2.37. The lowest BCUT2D eigenvalue weighted by molar-refractivity contribution is -0.137. The molecule has 0 atom stereocenters. The van der Waals surface area contributed by atoms with Crippen molar-refractivity contribution in [3.8, 4) is 0 Å². The minimum absolute atomic E-state index is 0.0503. The quantitative estimate of drug-likeness (QED) is 0.482. The van der Waals surface area contributed by atoms with E-state index in [0.717, 1.165) is 12.1 Å². The zero-order chi connectivity index (χ0) is 19.0. The van der Waals surface area contributed by atoms with Gasteiger partial charge >= 0.3 is 13.3 Å². The van der Waals surface area contributed by atoms with Crippen molar-refractivity contribution in [3.05, 3.63) is 40.4 Å². The second-order valence-corrected chi connectivity index (χ2v) is 7.24. The Kier molecular flexibility index (Phi) is 5.47. The summed E-state index contributed by atoms with van der Waals surface area (Å²) in [6.45, 7) is 7.60. The Morgan fingerprint density at radius 2 is 1.72 bits per heavy atom. The van der Waals surface area contributed by atoms with E-state index in [1.807, 2.05) is 27.7 Å². The Bertz CT molecular complexity index is 683. The van der Waals surface area contributed by atoms with Gasteiger partial charge in [0, 0.05) is 11.3 Å². The smallest absolute Gasteiger partial charge is 0.400 e. The number of carbonyl (C=O) groups is 1. The van der Waals surface area contributed by atoms with Crippen molar-refractivity contribution in [2.45, 2.75) is 45.1 Å². The second kappa shape index (κ2) is 6.81. The highest BCUT2D eigenvalue weighted by Gasteiger charge is 2.52. The third-order valence-corrected chi connectivity index (χ3v) is 4.99. The summed E-state index contributed by atoms with van der Waals surface area (Å²) in [6.07, 6.45) is -2.50. The Labute approximate surface area is 151 Å². The Morgan fingerprint density at radius 1 is 1.16 bits per heavy atom. The monoisotopic (exact) mass is 372 g/mol. The normalized spacial score (nSPS) is 20.0. The summed E-state index contributed by atoms with van der Waals surface area (Å²) in [5, 5.41) is 0. The number of halogens is 3. The van der Waals surface area contributed by atoms with Gasteiger partial charge in [-0.15, -0.1) is 0 Å². The zero-order valence-corrected chi connectivity index (χ0v) is 15.4. The van der Waals surface area contributed by atoms with Crippen LogP contribution in [0.4, 0.5) is 13.2 Å². The lowest BCUT2D eigenvalue weighted by Gasteiger charge is -2.32. The molecule has 2 rings (SSSR count). The van der Waals surface area contributed by atoms with Crippen LogP contribution < -0.4 is 0 Å². The number of carbonyl (C=O) groups excluding carboxylic acids is 1. The van der Waals surface area contributed by atoms with Crippen molar-refractivity contribution in [1.82, 2.24) is 0 Å². The van der Waals surface area contributed by atoms with Gasteiger partial charge in [0.15, 0.2) is 6.29 Å². The van der Waals surface area contributed by atoms with Crippen LogP contribution in [0.5, 0.6) is 0 Å². The van der Waals surface area contributed by atoms with Crippen LogP contribution in [0, 0.1) is 0 Å². The molecular formula is C17H20BF3O3S. The number of thiol groups is 1. The summed E-state index contributed by atoms with van der Waals surface area (Å²) in [5.41, 5.74) is -1.02. The molecule has 0 N–H and O–H groups in total. The summed E-state index contributed by atoms with van der Waals surface area (Å²) in [4.78, 5) is 11.2. The molecule has 8 heteroatoms. The molecule has 0 aliphatic carbocycles. The molecule has 3 nitrogen and oxygen atoms in total. The van der Waals surface area contributed by atoms with Gasteiger partial charge in [-0.25, -0.2) is 0 Å². The highest BCUT2D eigenvalue weighted by atomic mass is 32.1. The van der Waals surface area contributed by atoms with Crippen LogP contribution in [-0.4, -0.2) is 30.4 Å². The summed E-state index contributed by atoms with van der Waals surface area (Å²) in [5.74, 6) is 0.274. The molecule has 1 aromatic carbocycles. The third-order valence-electron chi connectivity index (χ3n) is 4.62. The highest BCUT2D eigenvalue weighted by Crippen LogP contribution is 2.39. The van der Waals surface area contributed by atoms with Crippen LogP contribution >= 0.6 is 12.6 Å². The van der Waals surface area contributed by atoms with Gasteiger partial charge in [-0.3, -0.25) is 4.79 Å². The van der Waals surface area contributed by atoms with E-state index in [1.165, 1.54) is 6.07 Å². The number of benzene rings is 1. The first-order chi connectivity index (χ1) is 11.4. The maximum absolute atomic E-state index is 12.8. The average molecular weight is 372 g/mol. The number of hydrogen-bond acceptors (Lipinski definition) is 4. The van der Waals surface area contributed by atoms with Crippen molar-refractivity contribution >= 4 is 32.1 Å². The van der Waals surface area contributed by atoms with E-state index >= 15 is 0 Å². The van der Waals surface area contributed by atoms with Crippen LogP contribution in [0.2, 0.25) is 0 Å². The van der Waals surface area contributed by atoms with Gasteiger partial charge < -0.3 is 9.31 Å². The molecule has 1 heterocycles. The van der Waals surface area contributed by atoms with Gasteiger partial charge in [0.25, 0.3) is 0 Å². The molecule has 1 aliphatic heterocycles. The fourth-order valence-corrected chi connectivity index (χ4v) is 2.61. The molecule has 0 radical (unpaired) electrons. The van der Waals surface area contributed by atoms with Crippen LogP contribution in [0.1, 0.15) is 49.2 Å². The molecule has 0 aromatic heterocycles. The average Bonchev–Trinajstić information content (AvgIpc) is 2.71. The minimum Gasteiger partial charge on any atom is -0.400 e. The van der Waals surface area contributed by atoms with Gasteiger partial charge in [-0.05, 0) is 50.9 Å². The molecule has 136 valence electrons. The molecule has 0 unspecified atom stereocenters. The molecule has 1 aromatic rings. The molecule has 1 saturated heterocycles. The van der Waals surface area contributed by atoms with Gasteiger partial charge in [-0.1, -0.05) is 12.1 Å². The molecule has 0 saturated carbocycles. The van der Waals surface area contributed by atoms with Gasteiger partial charge in [0.1, 0.15) is 0 Å². The number of hydrogen-bond donors (Lipinski definition) is 1. The molecule has 25 heavy (non-hydrogen) atoms. The van der Waals surface area contributed by atoms with Crippen molar-refractivity contribution in [2.75, 3.05) is 5.75 Å². The van der Waals surface area contributed by atoms with E-state index in [1.54, 1.807) is 6.08 Å². The standard InChI is InChI=1S/C17H20BF3O3S/c1-15(2)16(3,4)24-18(23-15)14(10-25)8-11-5-6-13(17(19,20)21)7-12(11)9-22/h5-9,25H,10H2,1-4H3. The SMILES string of the molecule is CC1(C)OB(C(=Cc2ccc(C(F)(F)F)cc2C=O)CS)OC1(C)C. The number of alkyl halides is 3. The van der Waals surface area contributed by atoms with Crippen molar-refractivity contribution in [2.24, 2.45) is 0 Å². The number of aldehydes is 1. The fraction of sp³-hybridized carbons (Fsp3) is 0.471. The number of rotatable bonds is 4. The van der Waals surface area contributed by atoms with Crippen molar-refractivity contribution in [1.29, 1.82) is 0 Å². The largest absolute Gasteiger partial charge is 0.491 e. The van der Waals surface area contributed by atoms with E-state index in [4.69, 9.17) is 9.31 Å². The van der Waals surface area contributed by atoms with Crippen LogP contribution in [0.15, 0.2) is 23.7 Å². The van der Waals surface area contributed by atoms with E-state index in [0.29, 0.717) is 17.3 Å². The summed E-state index contributed by atoms with van der Waals surface area (Å²) in [6, 6.07) is 3.04. The first kappa shape index (κ1) is 20.1. The van der Waals surface area contributed by atoms with Crippen LogP contribution in [0.3, 0.4) is 0 Å². The summed E-state index contributed by atoms with van der Waals surface area (Å²) in [7, 11) is -0.677. The Balaban J connectivity index is 2.39. The van der Waals surface area contributed by atoms with Crippen LogP contribution in [-0.2, 0) is 15.5 Å². The maximum atomic E-state index is 12.8. The topological polar surface area (TPSA) is 35.5 Å². The Hall–Kier alpha value is -1.25. The van der Waals surface area contributed by atoms with E-state index in [-0.39, 0.29) is 11.3 Å². The first-order valence-electron chi connectivity index (χ1n) is 7.74. The summed E-state index contributed by atoms with van der Waals surface area (Å²) < 4.78 is 50.3. The molecular weight excluding hydrogens is 352 g/mol. The molecule has 0 spiro atoms. The van der Waals surface area contributed by atoms with Gasteiger partial charge in [-0.2, -0.15) is 25.8 Å². The maximum Gasteiger partial charge on any atom is 0.491 e. The predicted octanol–water partition coefficient (Wildman–Crippen LogP) is 4.46. The molecule has 0 bridgehead atoms. The van der Waals surface area contributed by atoms with E-state index in [9.17, 15) is 18.0 Å². The second-order valence-electron chi connectivity index (χ2n) is 6.92. The first-order valence-corrected chi connectivity index (χ1v) is 8.38. The van der Waals surface area contributed by atoms with Gasteiger partial charge in [0.2, 0.25) is 0 Å². The van der Waals surface area contributed by atoms with Crippen LogP contribution in [0.25, 0.3) is 6.08 Å². The molecule has 1 aliphatic rings. The highest BCUT2D eigenvalue weighted by molar-refractivity contribution is 7.80. The van der Waals surface area contributed by atoms with E-state index < -0.39 is 30.1 Å².